The molecular formula is C2H10N6O2. The number of nitrogens with two attached hydrogens (primary N) is 1. The second-order valence-electron chi connectivity index (χ2n) is 1.30. The van der Waals surface area contributed by atoms with Gasteiger partial charge in [-0.15, -0.1) is 11.1 Å². The number of hydrogen-bond donors (Lipinski definition) is 5. The number of quaternary nitrogens is 1. The summed E-state index contributed by atoms with van der Waals surface area (Å²) in [5.74, 6) is 11.4. The van der Waals surface area contributed by atoms with Crippen LogP contribution in [0.5, 0.6) is 0 Å². The van der Waals surface area contributed by atoms with E-state index in [0.29, 0.717) is 0 Å². The summed E-state index contributed by atoms with van der Waals surface area (Å²) in [5, 5.41) is -0.578. The molecule has 0 bridgehead atoms. The summed E-state index contributed by atoms with van der Waals surface area (Å²) in [7, 11) is 1.35. The third-order valence-corrected chi connectivity index (χ3v) is 0.574. The molecule has 8 nitrogen and oxygen atoms in total. The van der Waals surface area contributed by atoms with Gasteiger partial charge in [-0.1, -0.05) is 0 Å². The third kappa shape index (κ3) is 4.14. The van der Waals surface area contributed by atoms with Crippen LogP contribution in [0.15, 0.2) is 0 Å². The van der Waals surface area contributed by atoms with E-state index >= 15 is 0 Å². The molecule has 0 aromatic heterocycles. The van der Waals surface area contributed by atoms with Gasteiger partial charge in [-0.2, -0.15) is 5.84 Å². The van der Waals surface area contributed by atoms with E-state index in [4.69, 9.17) is 11.7 Å². The molecule has 1 atom stereocenters. The SMILES string of the molecule is CONNNC(=O)[NH+]([NH-])N. The van der Waals surface area contributed by atoms with Crippen molar-refractivity contribution < 1.29 is 14.8 Å². The van der Waals surface area contributed by atoms with Gasteiger partial charge in [0.15, 0.2) is 0 Å². The first-order chi connectivity index (χ1) is 4.68. The zero-order valence-electron chi connectivity index (χ0n) is 5.39. The Morgan fingerprint density at radius 1 is 1.80 bits per heavy atom. The molecule has 60 valence electrons. The van der Waals surface area contributed by atoms with Crippen molar-refractivity contribution in [1.29, 1.82) is 0 Å². The highest BCUT2D eigenvalue weighted by Crippen LogP contribution is 1.46. The van der Waals surface area contributed by atoms with Gasteiger partial charge >= 0.3 is 6.03 Å². The largest absolute Gasteiger partial charge is 0.439 e. The van der Waals surface area contributed by atoms with Gasteiger partial charge in [0.2, 0.25) is 0 Å². The van der Waals surface area contributed by atoms with E-state index in [1.807, 2.05) is 5.43 Å². The van der Waals surface area contributed by atoms with E-state index in [-0.39, 0.29) is 0 Å². The van der Waals surface area contributed by atoms with Crippen LogP contribution in [0.2, 0.25) is 0 Å². The van der Waals surface area contributed by atoms with Crippen molar-refractivity contribution in [3.05, 3.63) is 5.84 Å². The van der Waals surface area contributed by atoms with Gasteiger partial charge in [0.05, 0.1) is 7.11 Å². The fourth-order valence-electron chi connectivity index (χ4n) is 0.201. The predicted octanol–water partition coefficient (Wildman–Crippen LogP) is -3.01. The van der Waals surface area contributed by atoms with Gasteiger partial charge < -0.3 is 5.84 Å². The van der Waals surface area contributed by atoms with Crippen molar-refractivity contribution in [2.75, 3.05) is 7.11 Å². The lowest BCUT2D eigenvalue weighted by Gasteiger charge is -2.11. The van der Waals surface area contributed by atoms with Gasteiger partial charge in [0.25, 0.3) is 0 Å². The number of nitrogens with one attached hydrogen (secondary N) is 5. The third-order valence-electron chi connectivity index (χ3n) is 0.574. The van der Waals surface area contributed by atoms with Gasteiger partial charge in [0, 0.05) is 0 Å². The molecule has 0 rings (SSSR count). The first-order valence-electron chi connectivity index (χ1n) is 2.36. The minimum atomic E-state index is -0.732. The second-order valence-corrected chi connectivity index (χ2v) is 1.30. The van der Waals surface area contributed by atoms with Gasteiger partial charge in [-0.25, -0.2) is 15.3 Å². The first-order valence-corrected chi connectivity index (χ1v) is 2.36. The molecule has 0 saturated heterocycles. The molecule has 0 aliphatic heterocycles. The summed E-state index contributed by atoms with van der Waals surface area (Å²) in [4.78, 5) is 14.7. The number of carbonyl (C=O) groups excluding carboxylic acids is 1. The summed E-state index contributed by atoms with van der Waals surface area (Å²) >= 11 is 0. The number of rotatable bonds is 3. The zero-order chi connectivity index (χ0) is 7.98. The molecule has 1 unspecified atom stereocenters. The van der Waals surface area contributed by atoms with E-state index in [2.05, 4.69) is 16.0 Å². The smallest absolute Gasteiger partial charge is 0.439 e. The molecule has 0 radical (unpaired) electrons. The molecule has 0 spiro atoms. The highest BCUT2D eigenvalue weighted by atomic mass is 16.7. The van der Waals surface area contributed by atoms with Crippen LogP contribution >= 0.6 is 0 Å². The Hall–Kier alpha value is -0.770. The van der Waals surface area contributed by atoms with Gasteiger partial charge in [-0.3, -0.25) is 4.84 Å². The molecule has 0 aliphatic rings. The first kappa shape index (κ1) is 9.23. The summed E-state index contributed by atoms with van der Waals surface area (Å²) < 4.78 is 0. The van der Waals surface area contributed by atoms with Crippen LogP contribution in [0.1, 0.15) is 0 Å². The monoisotopic (exact) mass is 150 g/mol. The quantitative estimate of drug-likeness (QED) is 0.127. The Bertz CT molecular complexity index is 104. The highest BCUT2D eigenvalue weighted by Gasteiger charge is 2.02. The minimum absolute atomic E-state index is 0.578. The van der Waals surface area contributed by atoms with Crippen molar-refractivity contribution in [2.45, 2.75) is 0 Å². The lowest BCUT2D eigenvalue weighted by Crippen LogP contribution is -3.16. The number of carbonyl (C=O) groups is 1. The minimum Gasteiger partial charge on any atom is -0.439 e. The van der Waals surface area contributed by atoms with Crippen LogP contribution in [-0.4, -0.2) is 13.1 Å². The molecule has 0 aliphatic carbocycles. The van der Waals surface area contributed by atoms with Crippen LogP contribution < -0.4 is 27.5 Å². The molecule has 0 fully saturated rings. The Balaban J connectivity index is 3.22. The maximum atomic E-state index is 10.4. The Morgan fingerprint density at radius 3 is 2.80 bits per heavy atom. The fraction of sp³-hybridized carbons (Fsp3) is 0.500. The second kappa shape index (κ2) is 5.05. The zero-order valence-corrected chi connectivity index (χ0v) is 5.39. The normalized spacial score (nSPS) is 12.7. The lowest BCUT2D eigenvalue weighted by molar-refractivity contribution is -0.773. The van der Waals surface area contributed by atoms with E-state index in [1.54, 1.807) is 0 Å². The number of amides is 2. The van der Waals surface area contributed by atoms with Crippen LogP contribution in [0.3, 0.4) is 0 Å². The number of hydrazine groups is 2. The molecule has 0 aromatic rings. The summed E-state index contributed by atoms with van der Waals surface area (Å²) in [6, 6.07) is -0.732. The topological polar surface area (TPSA) is 117 Å². The maximum Gasteiger partial charge on any atom is 0.439 e. The molecule has 2 amide bonds. The van der Waals surface area contributed by atoms with E-state index in [0.717, 1.165) is 0 Å². The summed E-state index contributed by atoms with van der Waals surface area (Å²) in [6.07, 6.45) is 0. The Morgan fingerprint density at radius 2 is 2.40 bits per heavy atom. The average molecular weight is 150 g/mol. The van der Waals surface area contributed by atoms with Crippen molar-refractivity contribution in [3.63, 3.8) is 0 Å². The number of urea groups is 1. The molecule has 10 heavy (non-hydrogen) atoms. The molecule has 0 aromatic carbocycles. The van der Waals surface area contributed by atoms with E-state index in [1.165, 1.54) is 7.11 Å². The molecule has 0 heterocycles. The van der Waals surface area contributed by atoms with Crippen LogP contribution in [-0.2, 0) is 4.84 Å². The summed E-state index contributed by atoms with van der Waals surface area (Å²) in [6.45, 7) is 0. The van der Waals surface area contributed by atoms with Crippen molar-refractivity contribution in [1.82, 2.24) is 16.5 Å². The Kier molecular flexibility index (Phi) is 4.66. The van der Waals surface area contributed by atoms with Crippen molar-refractivity contribution in [2.24, 2.45) is 5.84 Å². The Labute approximate surface area is 57.3 Å². The van der Waals surface area contributed by atoms with E-state index in [9.17, 15) is 4.79 Å². The maximum absolute atomic E-state index is 10.4. The van der Waals surface area contributed by atoms with Gasteiger partial charge in [0.1, 0.15) is 0 Å². The van der Waals surface area contributed by atoms with Crippen LogP contribution in [0.4, 0.5) is 4.79 Å². The fourth-order valence-corrected chi connectivity index (χ4v) is 0.201. The predicted molar refractivity (Wildman–Crippen MR) is 31.3 cm³/mol. The lowest BCUT2D eigenvalue weighted by atomic mass is 11.1. The van der Waals surface area contributed by atoms with Crippen LogP contribution in [0.25, 0.3) is 5.84 Å². The van der Waals surface area contributed by atoms with Crippen molar-refractivity contribution in [3.8, 4) is 0 Å². The summed E-state index contributed by atoms with van der Waals surface area (Å²) in [5.41, 5.74) is 6.23. The average Bonchev–Trinajstić information content (AvgIpc) is 1.88. The highest BCUT2D eigenvalue weighted by molar-refractivity contribution is 5.63. The molecule has 0 saturated carbocycles. The van der Waals surface area contributed by atoms with Crippen LogP contribution in [0, 0.1) is 0 Å². The molecule has 8 heteroatoms. The van der Waals surface area contributed by atoms with Gasteiger partial charge in [-0.05, 0) is 0 Å². The number of hydrogen-bond acceptors (Lipinski definition) is 5. The molecular weight excluding hydrogens is 140 g/mol. The van der Waals surface area contributed by atoms with Crippen molar-refractivity contribution >= 4 is 6.03 Å². The van der Waals surface area contributed by atoms with E-state index < -0.39 is 11.1 Å². The molecule has 7 N–H and O–H groups in total. The standard InChI is InChI=1S/C2H10N6O2/c1-10-7-6-5-2(9)8(3)4/h3,6-8H,4H2,1H3,(H,5,9).